The Kier molecular flexibility index (Phi) is 4.86. The van der Waals surface area contributed by atoms with Crippen molar-refractivity contribution < 1.29 is 18.3 Å². The van der Waals surface area contributed by atoms with Crippen LogP contribution < -0.4 is 10.1 Å². The number of ether oxygens (including phenoxy) is 1. The van der Waals surface area contributed by atoms with Crippen molar-refractivity contribution in [2.45, 2.75) is 19.4 Å². The van der Waals surface area contributed by atoms with Crippen LogP contribution in [0.2, 0.25) is 0 Å². The third-order valence-corrected chi connectivity index (χ3v) is 6.60. The molecule has 0 saturated heterocycles. The molecule has 1 amide bonds. The number of aromatic nitrogens is 2. The molecule has 0 saturated carbocycles. The first-order chi connectivity index (χ1) is 15.0. The number of thiophene rings is 1. The minimum absolute atomic E-state index is 0.162. The molecular weight excluding hydrogens is 420 g/mol. The number of nitrogens with zero attached hydrogens (tertiary/aromatic N) is 2. The Morgan fingerprint density at radius 2 is 1.94 bits per heavy atom. The fourth-order valence-corrected chi connectivity index (χ4v) is 5.03. The van der Waals surface area contributed by atoms with Crippen LogP contribution in [0, 0.1) is 18.6 Å². The second kappa shape index (κ2) is 7.70. The molecule has 0 fully saturated rings. The summed E-state index contributed by atoms with van der Waals surface area (Å²) in [6, 6.07) is 10.7. The lowest BCUT2D eigenvalue weighted by molar-refractivity contribution is 0.0928. The summed E-state index contributed by atoms with van der Waals surface area (Å²) in [6.45, 7) is 2.34. The smallest absolute Gasteiger partial charge is 0.262 e. The predicted octanol–water partition coefficient (Wildman–Crippen LogP) is 5.20. The number of fused-ring (bicyclic) bond motifs is 2. The Hall–Kier alpha value is -3.39. The summed E-state index contributed by atoms with van der Waals surface area (Å²) in [4.78, 5) is 22.2. The maximum absolute atomic E-state index is 13.8. The van der Waals surface area contributed by atoms with E-state index in [1.807, 2.05) is 31.2 Å². The quantitative estimate of drug-likeness (QED) is 0.479. The van der Waals surface area contributed by atoms with E-state index in [1.54, 1.807) is 0 Å². The van der Waals surface area contributed by atoms with Crippen LogP contribution in [0.1, 0.15) is 33.3 Å². The highest BCUT2D eigenvalue weighted by Gasteiger charge is 2.26. The monoisotopic (exact) mass is 437 g/mol. The summed E-state index contributed by atoms with van der Waals surface area (Å²) in [5.41, 5.74) is 2.94. The molecule has 0 unspecified atom stereocenters. The lowest BCUT2D eigenvalue weighted by Gasteiger charge is -2.26. The summed E-state index contributed by atoms with van der Waals surface area (Å²) < 4.78 is 33.8. The zero-order chi connectivity index (χ0) is 21.5. The number of aryl methyl sites for hydroxylation is 1. The second-order valence-electron chi connectivity index (χ2n) is 7.32. The van der Waals surface area contributed by atoms with Crippen molar-refractivity contribution in [3.63, 3.8) is 0 Å². The fraction of sp³-hybridized carbons (Fsp3) is 0.174. The molecular formula is C23H17F2N3O2S. The molecule has 1 aliphatic heterocycles. The number of rotatable bonds is 3. The van der Waals surface area contributed by atoms with Crippen molar-refractivity contribution in [1.82, 2.24) is 15.3 Å². The number of hydrogen-bond donors (Lipinski definition) is 1. The van der Waals surface area contributed by atoms with Crippen LogP contribution in [-0.2, 0) is 0 Å². The van der Waals surface area contributed by atoms with Crippen LogP contribution >= 0.6 is 11.3 Å². The number of para-hydroxylation sites is 1. The molecule has 5 nitrogen and oxygen atoms in total. The van der Waals surface area contributed by atoms with Crippen LogP contribution in [-0.4, -0.2) is 22.5 Å². The summed E-state index contributed by atoms with van der Waals surface area (Å²) in [5.74, 6) is -0.829. The molecule has 5 rings (SSSR count). The molecule has 1 atom stereocenters. The molecule has 1 aliphatic rings. The molecule has 156 valence electrons. The van der Waals surface area contributed by atoms with E-state index < -0.39 is 11.6 Å². The van der Waals surface area contributed by atoms with Crippen molar-refractivity contribution in [3.8, 4) is 17.0 Å². The Bertz CT molecular complexity index is 1300. The highest BCUT2D eigenvalue weighted by molar-refractivity contribution is 7.21. The van der Waals surface area contributed by atoms with Gasteiger partial charge in [-0.05, 0) is 30.7 Å². The first-order valence-electron chi connectivity index (χ1n) is 9.74. The predicted molar refractivity (Wildman–Crippen MR) is 114 cm³/mol. The largest absolute Gasteiger partial charge is 0.493 e. The van der Waals surface area contributed by atoms with Crippen molar-refractivity contribution in [2.24, 2.45) is 0 Å². The Morgan fingerprint density at radius 3 is 2.74 bits per heavy atom. The topological polar surface area (TPSA) is 64.1 Å². The first kappa shape index (κ1) is 19.6. The van der Waals surface area contributed by atoms with E-state index in [0.29, 0.717) is 44.9 Å². The number of carbonyl (C=O) groups is 1. The maximum atomic E-state index is 13.8. The van der Waals surface area contributed by atoms with Crippen molar-refractivity contribution in [1.29, 1.82) is 0 Å². The average Bonchev–Trinajstić information content (AvgIpc) is 3.10. The summed E-state index contributed by atoms with van der Waals surface area (Å²) >= 11 is 1.22. The van der Waals surface area contributed by atoms with Gasteiger partial charge in [0, 0.05) is 23.6 Å². The molecule has 31 heavy (non-hydrogen) atoms. The first-order valence-corrected chi connectivity index (χ1v) is 10.6. The molecule has 2 aromatic heterocycles. The van der Waals surface area contributed by atoms with Crippen molar-refractivity contribution in [3.05, 3.63) is 76.4 Å². The van der Waals surface area contributed by atoms with Gasteiger partial charge in [-0.15, -0.1) is 11.3 Å². The molecule has 2 aromatic carbocycles. The van der Waals surface area contributed by atoms with E-state index in [1.165, 1.54) is 29.8 Å². The Labute approximate surface area is 180 Å². The normalized spacial score (nSPS) is 15.4. The molecule has 0 bridgehead atoms. The van der Waals surface area contributed by atoms with Gasteiger partial charge in [-0.3, -0.25) is 4.79 Å². The van der Waals surface area contributed by atoms with E-state index in [9.17, 15) is 13.6 Å². The highest BCUT2D eigenvalue weighted by Crippen LogP contribution is 2.37. The zero-order valence-corrected chi connectivity index (χ0v) is 17.3. The number of amides is 1. The summed E-state index contributed by atoms with van der Waals surface area (Å²) in [5, 5.41) is 3.09. The van der Waals surface area contributed by atoms with Gasteiger partial charge in [-0.25, -0.2) is 18.7 Å². The summed E-state index contributed by atoms with van der Waals surface area (Å²) in [7, 11) is 0. The third-order valence-electron chi connectivity index (χ3n) is 5.31. The number of hydrogen-bond acceptors (Lipinski definition) is 5. The molecule has 0 radical (unpaired) electrons. The van der Waals surface area contributed by atoms with Crippen LogP contribution in [0.5, 0.6) is 5.75 Å². The van der Waals surface area contributed by atoms with E-state index in [0.717, 1.165) is 17.4 Å². The number of halogens is 2. The van der Waals surface area contributed by atoms with Gasteiger partial charge in [-0.2, -0.15) is 0 Å². The lowest BCUT2D eigenvalue weighted by atomic mass is 10.0. The van der Waals surface area contributed by atoms with Crippen LogP contribution in [0.15, 0.2) is 48.8 Å². The van der Waals surface area contributed by atoms with Crippen molar-refractivity contribution in [2.75, 3.05) is 6.61 Å². The van der Waals surface area contributed by atoms with Gasteiger partial charge >= 0.3 is 0 Å². The van der Waals surface area contributed by atoms with Gasteiger partial charge < -0.3 is 10.1 Å². The van der Waals surface area contributed by atoms with E-state index in [2.05, 4.69) is 15.3 Å². The minimum atomic E-state index is -0.689. The molecule has 0 spiro atoms. The molecule has 4 aromatic rings. The van der Waals surface area contributed by atoms with Crippen molar-refractivity contribution >= 4 is 27.5 Å². The molecule has 8 heteroatoms. The van der Waals surface area contributed by atoms with Crippen LogP contribution in [0.4, 0.5) is 8.78 Å². The maximum Gasteiger partial charge on any atom is 0.262 e. The van der Waals surface area contributed by atoms with E-state index in [-0.39, 0.29) is 11.9 Å². The zero-order valence-electron chi connectivity index (χ0n) is 16.5. The third kappa shape index (κ3) is 3.53. The SMILES string of the molecule is Cc1c(C(=O)N[C@H]2CCOc3ccccc32)sc2c(-c3cc(F)cc(F)c3)ncnc12. The second-order valence-corrected chi connectivity index (χ2v) is 8.34. The number of nitrogens with one attached hydrogen (secondary N) is 1. The summed E-state index contributed by atoms with van der Waals surface area (Å²) in [6.07, 6.45) is 2.01. The Balaban J connectivity index is 1.53. The lowest BCUT2D eigenvalue weighted by Crippen LogP contribution is -2.32. The van der Waals surface area contributed by atoms with Crippen LogP contribution in [0.3, 0.4) is 0 Å². The van der Waals surface area contributed by atoms with Gasteiger partial charge in [-0.1, -0.05) is 18.2 Å². The average molecular weight is 437 g/mol. The molecule has 0 aliphatic carbocycles. The molecule has 1 N–H and O–H groups in total. The van der Waals surface area contributed by atoms with Gasteiger partial charge in [0.25, 0.3) is 5.91 Å². The van der Waals surface area contributed by atoms with Gasteiger partial charge in [0.1, 0.15) is 23.7 Å². The molecule has 3 heterocycles. The Morgan fingerprint density at radius 1 is 1.16 bits per heavy atom. The van der Waals surface area contributed by atoms with Gasteiger partial charge in [0.15, 0.2) is 0 Å². The number of carbonyl (C=O) groups excluding carboxylic acids is 1. The highest BCUT2D eigenvalue weighted by atomic mass is 32.1. The van der Waals surface area contributed by atoms with Gasteiger partial charge in [0.05, 0.1) is 33.4 Å². The van der Waals surface area contributed by atoms with E-state index in [4.69, 9.17) is 4.74 Å². The van der Waals surface area contributed by atoms with E-state index >= 15 is 0 Å². The van der Waals surface area contributed by atoms with Gasteiger partial charge in [0.2, 0.25) is 0 Å². The standard InChI is InChI=1S/C23H17F2N3O2S/c1-12-19-22(20(27-11-26-19)13-8-14(24)10-15(25)9-13)31-21(12)23(29)28-17-6-7-30-18-5-3-2-4-16(17)18/h2-5,8-11,17H,6-7H2,1H3,(H,28,29)/t17-/m0/s1. The fourth-order valence-electron chi connectivity index (χ4n) is 3.85. The van der Waals surface area contributed by atoms with Crippen LogP contribution in [0.25, 0.3) is 21.5 Å². The number of benzene rings is 2. The minimum Gasteiger partial charge on any atom is -0.493 e.